The summed E-state index contributed by atoms with van der Waals surface area (Å²) >= 11 is 0. The van der Waals surface area contributed by atoms with Gasteiger partial charge in [-0.25, -0.2) is 8.42 Å². The minimum Gasteiger partial charge on any atom is -0.493 e. The summed E-state index contributed by atoms with van der Waals surface area (Å²) in [7, 11) is -0.784. The number of amides is 1. The van der Waals surface area contributed by atoms with Crippen LogP contribution in [0.1, 0.15) is 26.2 Å². The SMILES string of the molecule is COc1ccc(N([C@@H](C)C(=O)Nc2ccc(N3CCCCC3)cc2)S(C)(=O)=O)cc1OC. The summed E-state index contributed by atoms with van der Waals surface area (Å²) in [5.74, 6) is 0.408. The fourth-order valence-electron chi connectivity index (χ4n) is 3.93. The lowest BCUT2D eigenvalue weighted by Crippen LogP contribution is -2.45. The van der Waals surface area contributed by atoms with Gasteiger partial charge in [-0.2, -0.15) is 0 Å². The summed E-state index contributed by atoms with van der Waals surface area (Å²) in [5.41, 5.74) is 2.05. The van der Waals surface area contributed by atoms with Gasteiger partial charge in [-0.05, 0) is 62.6 Å². The number of carbonyl (C=O) groups is 1. The number of piperidine rings is 1. The number of benzene rings is 2. The van der Waals surface area contributed by atoms with Gasteiger partial charge in [0, 0.05) is 30.5 Å². The zero-order valence-electron chi connectivity index (χ0n) is 19.0. The molecular weight excluding hydrogens is 430 g/mol. The van der Waals surface area contributed by atoms with Crippen LogP contribution in [0.25, 0.3) is 0 Å². The van der Waals surface area contributed by atoms with Gasteiger partial charge >= 0.3 is 0 Å². The number of methoxy groups -OCH3 is 2. The first-order chi connectivity index (χ1) is 15.2. The molecule has 1 amide bonds. The Kier molecular flexibility index (Phi) is 7.50. The van der Waals surface area contributed by atoms with E-state index in [1.165, 1.54) is 39.5 Å². The molecule has 0 radical (unpaired) electrons. The summed E-state index contributed by atoms with van der Waals surface area (Å²) in [6.07, 6.45) is 4.71. The Hall–Kier alpha value is -2.94. The Balaban J connectivity index is 1.78. The number of nitrogens with zero attached hydrogens (tertiary/aromatic N) is 2. The van der Waals surface area contributed by atoms with E-state index in [0.717, 1.165) is 29.3 Å². The fourth-order valence-corrected chi connectivity index (χ4v) is 5.09. The molecule has 0 bridgehead atoms. The monoisotopic (exact) mass is 461 g/mol. The van der Waals surface area contributed by atoms with Gasteiger partial charge in [0.1, 0.15) is 6.04 Å². The minimum atomic E-state index is -3.75. The van der Waals surface area contributed by atoms with Crippen LogP contribution in [0.15, 0.2) is 42.5 Å². The van der Waals surface area contributed by atoms with Crippen molar-refractivity contribution in [1.82, 2.24) is 0 Å². The summed E-state index contributed by atoms with van der Waals surface area (Å²) < 4.78 is 36.7. The number of hydrogen-bond acceptors (Lipinski definition) is 6. The maximum absolute atomic E-state index is 13.0. The first-order valence-corrected chi connectivity index (χ1v) is 12.5. The van der Waals surface area contributed by atoms with Gasteiger partial charge in [-0.3, -0.25) is 9.10 Å². The first-order valence-electron chi connectivity index (χ1n) is 10.6. The lowest BCUT2D eigenvalue weighted by Gasteiger charge is -2.29. The van der Waals surface area contributed by atoms with E-state index in [2.05, 4.69) is 10.2 Å². The highest BCUT2D eigenvalue weighted by Gasteiger charge is 2.30. The fraction of sp³-hybridized carbons (Fsp3) is 0.435. The van der Waals surface area contributed by atoms with E-state index in [-0.39, 0.29) is 0 Å². The van der Waals surface area contributed by atoms with Crippen LogP contribution >= 0.6 is 0 Å². The zero-order valence-corrected chi connectivity index (χ0v) is 19.8. The average Bonchev–Trinajstić information content (AvgIpc) is 2.79. The van der Waals surface area contributed by atoms with Gasteiger partial charge in [0.2, 0.25) is 15.9 Å². The lowest BCUT2D eigenvalue weighted by molar-refractivity contribution is -0.116. The second kappa shape index (κ2) is 10.1. The third-order valence-corrected chi connectivity index (χ3v) is 6.81. The Morgan fingerprint density at radius 1 is 1.00 bits per heavy atom. The van der Waals surface area contributed by atoms with Crippen molar-refractivity contribution in [3.05, 3.63) is 42.5 Å². The highest BCUT2D eigenvalue weighted by Crippen LogP contribution is 2.33. The molecule has 1 fully saturated rings. The van der Waals surface area contributed by atoms with Crippen molar-refractivity contribution in [3.63, 3.8) is 0 Å². The summed E-state index contributed by atoms with van der Waals surface area (Å²) in [6.45, 7) is 3.63. The maximum Gasteiger partial charge on any atom is 0.247 e. The number of nitrogens with one attached hydrogen (secondary N) is 1. The number of sulfonamides is 1. The van der Waals surface area contributed by atoms with Crippen LogP contribution in [-0.4, -0.2) is 53.9 Å². The molecule has 1 N–H and O–H groups in total. The minimum absolute atomic E-state index is 0.313. The van der Waals surface area contributed by atoms with Gasteiger partial charge in [-0.15, -0.1) is 0 Å². The molecule has 0 unspecified atom stereocenters. The largest absolute Gasteiger partial charge is 0.493 e. The Bertz CT molecular complexity index is 1030. The molecule has 2 aromatic carbocycles. The number of rotatable bonds is 8. The molecule has 0 aliphatic carbocycles. The van der Waals surface area contributed by atoms with Gasteiger partial charge in [0.05, 0.1) is 26.2 Å². The van der Waals surface area contributed by atoms with E-state index in [1.807, 2.05) is 24.3 Å². The molecule has 1 heterocycles. The molecule has 8 nitrogen and oxygen atoms in total. The molecule has 1 aliphatic heterocycles. The molecule has 0 spiro atoms. The topological polar surface area (TPSA) is 88.2 Å². The predicted octanol–water partition coefficient (Wildman–Crippen LogP) is 3.49. The third-order valence-electron chi connectivity index (χ3n) is 5.57. The second-order valence-corrected chi connectivity index (χ2v) is 9.72. The lowest BCUT2D eigenvalue weighted by atomic mass is 10.1. The molecule has 32 heavy (non-hydrogen) atoms. The van der Waals surface area contributed by atoms with E-state index < -0.39 is 22.0 Å². The molecular formula is C23H31N3O5S. The standard InChI is InChI=1S/C23H31N3O5S/c1-17(26(32(4,28)29)20-12-13-21(30-2)22(16-20)31-3)23(27)24-18-8-10-19(11-9-18)25-14-6-5-7-15-25/h8-13,16-17H,5-7,14-15H2,1-4H3,(H,24,27)/t17-/m0/s1. The van der Waals surface area contributed by atoms with E-state index >= 15 is 0 Å². The summed E-state index contributed by atoms with van der Waals surface area (Å²) in [6, 6.07) is 11.4. The van der Waals surface area contributed by atoms with Gasteiger partial charge in [0.15, 0.2) is 11.5 Å². The number of hydrogen-bond donors (Lipinski definition) is 1. The van der Waals surface area contributed by atoms with E-state index in [9.17, 15) is 13.2 Å². The normalized spacial score (nSPS) is 15.1. The summed E-state index contributed by atoms with van der Waals surface area (Å²) in [4.78, 5) is 15.3. The van der Waals surface area contributed by atoms with Crippen LogP contribution in [-0.2, 0) is 14.8 Å². The van der Waals surface area contributed by atoms with E-state index in [1.54, 1.807) is 19.1 Å². The quantitative estimate of drug-likeness (QED) is 0.648. The third kappa shape index (κ3) is 5.45. The van der Waals surface area contributed by atoms with Crippen LogP contribution in [0, 0.1) is 0 Å². The molecule has 0 saturated carbocycles. The van der Waals surface area contributed by atoms with Crippen molar-refractivity contribution in [2.24, 2.45) is 0 Å². The van der Waals surface area contributed by atoms with Crippen molar-refractivity contribution in [2.45, 2.75) is 32.2 Å². The molecule has 1 aliphatic rings. The van der Waals surface area contributed by atoms with Crippen LogP contribution in [0.4, 0.5) is 17.1 Å². The van der Waals surface area contributed by atoms with Crippen molar-refractivity contribution in [1.29, 1.82) is 0 Å². The summed E-state index contributed by atoms with van der Waals surface area (Å²) in [5, 5.41) is 2.83. The Labute approximate surface area is 190 Å². The number of anilines is 3. The van der Waals surface area contributed by atoms with Gasteiger partial charge in [0.25, 0.3) is 0 Å². The molecule has 0 aromatic heterocycles. The molecule has 9 heteroatoms. The number of ether oxygens (including phenoxy) is 2. The van der Waals surface area contributed by atoms with Crippen molar-refractivity contribution in [3.8, 4) is 11.5 Å². The maximum atomic E-state index is 13.0. The van der Waals surface area contributed by atoms with Crippen LogP contribution in [0.5, 0.6) is 11.5 Å². The molecule has 2 aromatic rings. The van der Waals surface area contributed by atoms with Crippen molar-refractivity contribution < 1.29 is 22.7 Å². The zero-order chi connectivity index (χ0) is 23.3. The van der Waals surface area contributed by atoms with Crippen molar-refractivity contribution in [2.75, 3.05) is 48.1 Å². The van der Waals surface area contributed by atoms with Crippen LogP contribution in [0.2, 0.25) is 0 Å². The molecule has 1 saturated heterocycles. The smallest absolute Gasteiger partial charge is 0.247 e. The second-order valence-electron chi connectivity index (χ2n) is 7.86. The molecule has 3 rings (SSSR count). The Morgan fingerprint density at radius 2 is 1.62 bits per heavy atom. The van der Waals surface area contributed by atoms with Crippen LogP contribution in [0.3, 0.4) is 0 Å². The molecule has 174 valence electrons. The predicted molar refractivity (Wildman–Crippen MR) is 127 cm³/mol. The van der Waals surface area contributed by atoms with E-state index in [0.29, 0.717) is 22.9 Å². The van der Waals surface area contributed by atoms with Gasteiger partial charge < -0.3 is 19.7 Å². The highest BCUT2D eigenvalue weighted by molar-refractivity contribution is 7.92. The van der Waals surface area contributed by atoms with E-state index in [4.69, 9.17) is 9.47 Å². The highest BCUT2D eigenvalue weighted by atomic mass is 32.2. The van der Waals surface area contributed by atoms with Gasteiger partial charge in [-0.1, -0.05) is 0 Å². The van der Waals surface area contributed by atoms with Crippen molar-refractivity contribution >= 4 is 33.0 Å². The molecule has 1 atom stereocenters. The Morgan fingerprint density at radius 3 is 2.19 bits per heavy atom. The van der Waals surface area contributed by atoms with Crippen LogP contribution < -0.4 is 24.0 Å². The average molecular weight is 462 g/mol. The number of carbonyl (C=O) groups excluding carboxylic acids is 1. The first kappa shape index (κ1) is 23.7.